The molecule has 0 aromatic heterocycles. The van der Waals surface area contributed by atoms with E-state index in [1.54, 1.807) is 6.92 Å². The van der Waals surface area contributed by atoms with Gasteiger partial charge < -0.3 is 9.80 Å². The van der Waals surface area contributed by atoms with Gasteiger partial charge in [-0.1, -0.05) is 13.8 Å². The summed E-state index contributed by atoms with van der Waals surface area (Å²) < 4.78 is 0. The van der Waals surface area contributed by atoms with Gasteiger partial charge in [-0.25, -0.2) is 0 Å². The lowest BCUT2D eigenvalue weighted by Crippen LogP contribution is -2.56. The molecule has 3 nitrogen and oxygen atoms in total. The first kappa shape index (κ1) is 21.7. The minimum Gasteiger partial charge on any atom is -0.343 e. The van der Waals surface area contributed by atoms with Gasteiger partial charge in [0.1, 0.15) is 0 Å². The van der Waals surface area contributed by atoms with E-state index in [4.69, 9.17) is 0 Å². The highest BCUT2D eigenvalue weighted by Crippen LogP contribution is 2.68. The highest BCUT2D eigenvalue weighted by molar-refractivity contribution is 5.73. The van der Waals surface area contributed by atoms with Crippen molar-refractivity contribution in [3.63, 3.8) is 0 Å². The second-order valence-electron chi connectivity index (χ2n) is 12.1. The second-order valence-corrected chi connectivity index (χ2v) is 12.1. The lowest BCUT2D eigenvalue weighted by atomic mass is 9.44. The van der Waals surface area contributed by atoms with Crippen molar-refractivity contribution >= 4 is 5.91 Å². The van der Waals surface area contributed by atoms with Crippen molar-refractivity contribution in [3.8, 4) is 0 Å². The van der Waals surface area contributed by atoms with Crippen LogP contribution in [0.3, 0.4) is 0 Å². The fourth-order valence-electron chi connectivity index (χ4n) is 9.09. The third kappa shape index (κ3) is 3.29. The van der Waals surface area contributed by atoms with Crippen molar-refractivity contribution in [2.75, 3.05) is 21.1 Å². The standard InChI is InChI=1S/C26H46N2O/c1-17(28(7)18(2)29)22-10-11-23-21-9-8-19-16-20(27(5)6)12-14-25(19,3)24(21)13-15-26(22,23)4/h17,19-24H,8-16H2,1-7H3/t17-,19+,20+,21+,22-,23+,24-,25+,26-/m1/s1. The number of rotatable bonds is 3. The first-order chi connectivity index (χ1) is 13.6. The Labute approximate surface area is 180 Å². The van der Waals surface area contributed by atoms with Crippen LogP contribution in [-0.2, 0) is 4.79 Å². The molecule has 0 unspecified atom stereocenters. The van der Waals surface area contributed by atoms with Gasteiger partial charge in [0.15, 0.2) is 0 Å². The van der Waals surface area contributed by atoms with Crippen LogP contribution in [-0.4, -0.2) is 48.9 Å². The minimum absolute atomic E-state index is 0.226. The minimum atomic E-state index is 0.226. The van der Waals surface area contributed by atoms with Gasteiger partial charge in [0.2, 0.25) is 5.91 Å². The number of carbonyl (C=O) groups excluding carboxylic acids is 1. The molecular weight excluding hydrogens is 356 g/mol. The van der Waals surface area contributed by atoms with Crippen LogP contribution in [0.5, 0.6) is 0 Å². The topological polar surface area (TPSA) is 23.6 Å². The Kier molecular flexibility index (Phi) is 5.63. The Morgan fingerprint density at radius 2 is 1.55 bits per heavy atom. The summed E-state index contributed by atoms with van der Waals surface area (Å²) in [6.07, 6.45) is 12.7. The number of hydrogen-bond donors (Lipinski definition) is 0. The largest absolute Gasteiger partial charge is 0.343 e. The predicted molar refractivity (Wildman–Crippen MR) is 121 cm³/mol. The van der Waals surface area contributed by atoms with Gasteiger partial charge in [0.05, 0.1) is 0 Å². The second kappa shape index (κ2) is 7.53. The van der Waals surface area contributed by atoms with E-state index in [1.165, 1.54) is 57.8 Å². The van der Waals surface area contributed by atoms with Gasteiger partial charge in [0.25, 0.3) is 0 Å². The first-order valence-corrected chi connectivity index (χ1v) is 12.5. The van der Waals surface area contributed by atoms with Crippen molar-refractivity contribution in [1.29, 1.82) is 0 Å². The van der Waals surface area contributed by atoms with Crippen LogP contribution in [0.1, 0.15) is 85.5 Å². The van der Waals surface area contributed by atoms with Crippen molar-refractivity contribution in [2.45, 2.75) is 97.6 Å². The Hall–Kier alpha value is -0.570. The summed E-state index contributed by atoms with van der Waals surface area (Å²) in [6, 6.07) is 1.18. The Morgan fingerprint density at radius 3 is 2.21 bits per heavy atom. The molecule has 0 radical (unpaired) electrons. The molecule has 4 aliphatic carbocycles. The summed E-state index contributed by atoms with van der Waals surface area (Å²) in [6.45, 7) is 9.33. The Morgan fingerprint density at radius 1 is 0.897 bits per heavy atom. The van der Waals surface area contributed by atoms with E-state index in [2.05, 4.69) is 39.8 Å². The van der Waals surface area contributed by atoms with Crippen molar-refractivity contribution in [2.24, 2.45) is 40.4 Å². The summed E-state index contributed by atoms with van der Waals surface area (Å²) in [4.78, 5) is 16.5. The average molecular weight is 403 g/mol. The average Bonchev–Trinajstić information content (AvgIpc) is 3.03. The molecule has 4 aliphatic rings. The fourth-order valence-corrected chi connectivity index (χ4v) is 9.09. The summed E-state index contributed by atoms with van der Waals surface area (Å²) in [5.74, 6) is 4.61. The van der Waals surface area contributed by atoms with E-state index >= 15 is 0 Å². The zero-order chi connectivity index (χ0) is 21.1. The van der Waals surface area contributed by atoms with E-state index < -0.39 is 0 Å². The SMILES string of the molecule is CC(=O)N(C)[C@H](C)[C@H]1CC[C@H]2[C@@H]3CC[C@H]4C[C@@H](N(C)C)CC[C@]4(C)[C@@H]3CC[C@]12C. The predicted octanol–water partition coefficient (Wildman–Crippen LogP) is 5.44. The molecule has 0 spiro atoms. The molecular formula is C26H46N2O. The Bertz CT molecular complexity index is 632. The van der Waals surface area contributed by atoms with Crippen LogP contribution in [0.25, 0.3) is 0 Å². The third-order valence-electron chi connectivity index (χ3n) is 11.1. The molecule has 4 fully saturated rings. The zero-order valence-corrected chi connectivity index (χ0v) is 20.2. The van der Waals surface area contributed by atoms with Gasteiger partial charge in [-0.05, 0) is 119 Å². The van der Waals surface area contributed by atoms with Crippen LogP contribution in [0, 0.1) is 40.4 Å². The smallest absolute Gasteiger partial charge is 0.219 e. The summed E-state index contributed by atoms with van der Waals surface area (Å²) >= 11 is 0. The van der Waals surface area contributed by atoms with Gasteiger partial charge in [-0.2, -0.15) is 0 Å². The van der Waals surface area contributed by atoms with Gasteiger partial charge in [0, 0.05) is 26.1 Å². The molecule has 9 atom stereocenters. The van der Waals surface area contributed by atoms with E-state index in [0.717, 1.165) is 29.7 Å². The van der Waals surface area contributed by atoms with Crippen LogP contribution in [0.15, 0.2) is 0 Å². The van der Waals surface area contributed by atoms with Crippen molar-refractivity contribution in [1.82, 2.24) is 9.80 Å². The van der Waals surface area contributed by atoms with Gasteiger partial charge >= 0.3 is 0 Å². The molecule has 0 N–H and O–H groups in total. The van der Waals surface area contributed by atoms with Crippen molar-refractivity contribution in [3.05, 3.63) is 0 Å². The maximum absolute atomic E-state index is 12.0. The molecule has 4 rings (SSSR count). The summed E-state index contributed by atoms with van der Waals surface area (Å²) in [7, 11) is 6.58. The molecule has 1 amide bonds. The number of hydrogen-bond acceptors (Lipinski definition) is 2. The zero-order valence-electron chi connectivity index (χ0n) is 20.2. The van der Waals surface area contributed by atoms with E-state index in [1.807, 2.05) is 11.9 Å². The Balaban J connectivity index is 1.53. The van der Waals surface area contributed by atoms with Crippen LogP contribution >= 0.6 is 0 Å². The molecule has 0 bridgehead atoms. The fraction of sp³-hybridized carbons (Fsp3) is 0.962. The van der Waals surface area contributed by atoms with Gasteiger partial charge in [-0.15, -0.1) is 0 Å². The first-order valence-electron chi connectivity index (χ1n) is 12.5. The highest BCUT2D eigenvalue weighted by Gasteiger charge is 2.61. The number of nitrogens with zero attached hydrogens (tertiary/aromatic N) is 2. The number of fused-ring (bicyclic) bond motifs is 5. The van der Waals surface area contributed by atoms with Crippen LogP contribution < -0.4 is 0 Å². The van der Waals surface area contributed by atoms with E-state index in [0.29, 0.717) is 22.8 Å². The third-order valence-corrected chi connectivity index (χ3v) is 11.1. The molecule has 166 valence electrons. The molecule has 0 aromatic rings. The quantitative estimate of drug-likeness (QED) is 0.627. The van der Waals surface area contributed by atoms with Crippen molar-refractivity contribution < 1.29 is 4.79 Å². The normalized spacial score (nSPS) is 47.9. The lowest BCUT2D eigenvalue weighted by Gasteiger charge is -2.62. The molecule has 0 saturated heterocycles. The van der Waals surface area contributed by atoms with Crippen LogP contribution in [0.4, 0.5) is 0 Å². The number of carbonyl (C=O) groups is 1. The monoisotopic (exact) mass is 402 g/mol. The van der Waals surface area contributed by atoms with E-state index in [9.17, 15) is 4.79 Å². The van der Waals surface area contributed by atoms with Crippen LogP contribution in [0.2, 0.25) is 0 Å². The molecule has 4 saturated carbocycles. The number of amides is 1. The molecule has 29 heavy (non-hydrogen) atoms. The molecule has 0 aromatic carbocycles. The molecule has 3 heteroatoms. The van der Waals surface area contributed by atoms with E-state index in [-0.39, 0.29) is 5.91 Å². The highest BCUT2D eigenvalue weighted by atomic mass is 16.2. The maximum atomic E-state index is 12.0. The maximum Gasteiger partial charge on any atom is 0.219 e. The molecule has 0 aliphatic heterocycles. The molecule has 0 heterocycles. The summed E-state index contributed by atoms with van der Waals surface area (Å²) in [5, 5.41) is 0. The lowest BCUT2D eigenvalue weighted by molar-refractivity contribution is -0.135. The van der Waals surface area contributed by atoms with Gasteiger partial charge in [-0.3, -0.25) is 4.79 Å². The summed E-state index contributed by atoms with van der Waals surface area (Å²) in [5.41, 5.74) is 1.02.